The van der Waals surface area contributed by atoms with Crippen LogP contribution in [0.2, 0.25) is 0 Å². The van der Waals surface area contributed by atoms with E-state index in [1.807, 2.05) is 54.6 Å². The van der Waals surface area contributed by atoms with E-state index in [1.54, 1.807) is 18.2 Å². The summed E-state index contributed by atoms with van der Waals surface area (Å²) < 4.78 is 11.9. The van der Waals surface area contributed by atoms with E-state index < -0.39 is 0 Å². The van der Waals surface area contributed by atoms with E-state index in [0.29, 0.717) is 28.6 Å². The number of carbonyl (C=O) groups excluding carboxylic acids is 1. The summed E-state index contributed by atoms with van der Waals surface area (Å²) in [5.74, 6) is 1.40. The summed E-state index contributed by atoms with van der Waals surface area (Å²) in [5.41, 5.74) is 2.07. The highest BCUT2D eigenvalue weighted by Gasteiger charge is 2.11. The number of halogens is 1. The lowest BCUT2D eigenvalue weighted by atomic mass is 10.1. The summed E-state index contributed by atoms with van der Waals surface area (Å²) >= 11 is 3.44. The molecule has 0 atom stereocenters. The second kappa shape index (κ2) is 8.70. The SMILES string of the molecule is O=C(NCc1cc(-c2cccc(Br)c2)no1)c1ccc(Oc2ccccc2)nc1. The lowest BCUT2D eigenvalue weighted by Crippen LogP contribution is -2.22. The van der Waals surface area contributed by atoms with Gasteiger partial charge in [0.2, 0.25) is 5.88 Å². The van der Waals surface area contributed by atoms with Crippen LogP contribution in [0.15, 0.2) is 88.0 Å². The van der Waals surface area contributed by atoms with Crippen molar-refractivity contribution in [3.8, 4) is 22.9 Å². The Morgan fingerprint density at radius 2 is 1.90 bits per heavy atom. The maximum Gasteiger partial charge on any atom is 0.253 e. The van der Waals surface area contributed by atoms with Crippen LogP contribution in [-0.2, 0) is 6.54 Å². The summed E-state index contributed by atoms with van der Waals surface area (Å²) in [5, 5.41) is 6.85. The Hall–Kier alpha value is -3.45. The first-order chi connectivity index (χ1) is 14.2. The Kier molecular flexibility index (Phi) is 5.67. The van der Waals surface area contributed by atoms with Gasteiger partial charge < -0.3 is 14.6 Å². The highest BCUT2D eigenvalue weighted by Crippen LogP contribution is 2.23. The molecule has 2 heterocycles. The molecule has 0 aliphatic carbocycles. The molecule has 7 heteroatoms. The number of rotatable bonds is 6. The van der Waals surface area contributed by atoms with Gasteiger partial charge in [0.05, 0.1) is 12.1 Å². The molecule has 0 bridgehead atoms. The van der Waals surface area contributed by atoms with Crippen molar-refractivity contribution in [3.63, 3.8) is 0 Å². The molecular weight excluding hydrogens is 434 g/mol. The number of nitrogens with one attached hydrogen (secondary N) is 1. The van der Waals surface area contributed by atoms with Gasteiger partial charge >= 0.3 is 0 Å². The molecular formula is C22H16BrN3O3. The number of carbonyl (C=O) groups is 1. The maximum atomic E-state index is 12.3. The zero-order chi connectivity index (χ0) is 20.1. The first-order valence-corrected chi connectivity index (χ1v) is 9.65. The quantitative estimate of drug-likeness (QED) is 0.436. The van der Waals surface area contributed by atoms with Crippen molar-refractivity contribution in [1.29, 1.82) is 0 Å². The Balaban J connectivity index is 1.35. The first-order valence-electron chi connectivity index (χ1n) is 8.86. The Labute approximate surface area is 175 Å². The Morgan fingerprint density at radius 1 is 1.03 bits per heavy atom. The molecule has 0 spiro atoms. The number of nitrogens with zero attached hydrogens (tertiary/aromatic N) is 2. The van der Waals surface area contributed by atoms with Crippen LogP contribution in [0.25, 0.3) is 11.3 Å². The highest BCUT2D eigenvalue weighted by atomic mass is 79.9. The molecule has 4 aromatic rings. The summed E-state index contributed by atoms with van der Waals surface area (Å²) in [6, 6.07) is 22.2. The zero-order valence-corrected chi connectivity index (χ0v) is 16.8. The fourth-order valence-corrected chi connectivity index (χ4v) is 3.03. The van der Waals surface area contributed by atoms with Crippen LogP contribution >= 0.6 is 15.9 Å². The number of para-hydroxylation sites is 1. The number of pyridine rings is 1. The number of hydrogen-bond donors (Lipinski definition) is 1. The third-order valence-electron chi connectivity index (χ3n) is 4.07. The van der Waals surface area contributed by atoms with Gasteiger partial charge in [0.1, 0.15) is 11.4 Å². The van der Waals surface area contributed by atoms with Gasteiger partial charge in [-0.15, -0.1) is 0 Å². The first kappa shape index (κ1) is 18.9. The number of benzene rings is 2. The number of hydrogen-bond acceptors (Lipinski definition) is 5. The molecule has 1 N–H and O–H groups in total. The predicted molar refractivity (Wildman–Crippen MR) is 112 cm³/mol. The van der Waals surface area contributed by atoms with Gasteiger partial charge in [0, 0.05) is 28.4 Å². The smallest absolute Gasteiger partial charge is 0.253 e. The summed E-state index contributed by atoms with van der Waals surface area (Å²) in [6.07, 6.45) is 1.47. The Bertz CT molecular complexity index is 1110. The molecule has 0 unspecified atom stereocenters. The molecule has 144 valence electrons. The van der Waals surface area contributed by atoms with Crippen LogP contribution in [0.5, 0.6) is 11.6 Å². The standard InChI is InChI=1S/C22H16BrN3O3/c23-17-6-4-5-15(11-17)20-12-19(29-26-20)14-25-22(27)16-9-10-21(24-13-16)28-18-7-2-1-3-8-18/h1-13H,14H2,(H,25,27). The topological polar surface area (TPSA) is 77.2 Å². The van der Waals surface area contributed by atoms with Gasteiger partial charge in [-0.3, -0.25) is 4.79 Å². The minimum Gasteiger partial charge on any atom is -0.439 e. The molecule has 1 amide bonds. The van der Waals surface area contributed by atoms with E-state index in [2.05, 4.69) is 31.4 Å². The van der Waals surface area contributed by atoms with Crippen molar-refractivity contribution in [1.82, 2.24) is 15.5 Å². The van der Waals surface area contributed by atoms with Crippen molar-refractivity contribution >= 4 is 21.8 Å². The number of amides is 1. The summed E-state index contributed by atoms with van der Waals surface area (Å²) in [4.78, 5) is 16.5. The molecule has 0 aliphatic rings. The molecule has 2 aromatic heterocycles. The second-order valence-electron chi connectivity index (χ2n) is 6.17. The van der Waals surface area contributed by atoms with E-state index in [1.165, 1.54) is 6.20 Å². The minimum absolute atomic E-state index is 0.224. The van der Waals surface area contributed by atoms with Crippen LogP contribution in [0.4, 0.5) is 0 Å². The van der Waals surface area contributed by atoms with E-state index in [0.717, 1.165) is 10.0 Å². The zero-order valence-electron chi connectivity index (χ0n) is 15.2. The average molecular weight is 450 g/mol. The lowest BCUT2D eigenvalue weighted by Gasteiger charge is -2.06. The van der Waals surface area contributed by atoms with Crippen LogP contribution in [0, 0.1) is 0 Å². The molecule has 2 aromatic carbocycles. The Morgan fingerprint density at radius 3 is 2.66 bits per heavy atom. The third-order valence-corrected chi connectivity index (χ3v) is 4.56. The van der Waals surface area contributed by atoms with E-state index in [4.69, 9.17) is 9.26 Å². The van der Waals surface area contributed by atoms with Crippen molar-refractivity contribution in [2.75, 3.05) is 0 Å². The molecule has 0 saturated heterocycles. The maximum absolute atomic E-state index is 12.3. The van der Waals surface area contributed by atoms with Crippen LogP contribution in [-0.4, -0.2) is 16.0 Å². The van der Waals surface area contributed by atoms with Gasteiger partial charge in [-0.05, 0) is 30.3 Å². The molecule has 0 fully saturated rings. The molecule has 6 nitrogen and oxygen atoms in total. The molecule has 29 heavy (non-hydrogen) atoms. The largest absolute Gasteiger partial charge is 0.439 e. The fraction of sp³-hybridized carbons (Fsp3) is 0.0455. The van der Waals surface area contributed by atoms with Gasteiger partial charge in [0.25, 0.3) is 5.91 Å². The van der Waals surface area contributed by atoms with Crippen molar-refractivity contribution in [3.05, 3.63) is 94.8 Å². The molecule has 0 saturated carbocycles. The number of ether oxygens (including phenoxy) is 1. The van der Waals surface area contributed by atoms with E-state index >= 15 is 0 Å². The van der Waals surface area contributed by atoms with E-state index in [9.17, 15) is 4.79 Å². The molecule has 0 aliphatic heterocycles. The third kappa shape index (κ3) is 4.89. The minimum atomic E-state index is -0.260. The van der Waals surface area contributed by atoms with Gasteiger partial charge in [-0.1, -0.05) is 51.4 Å². The second-order valence-corrected chi connectivity index (χ2v) is 7.09. The monoisotopic (exact) mass is 449 g/mol. The predicted octanol–water partition coefficient (Wildman–Crippen LogP) is 5.22. The van der Waals surface area contributed by atoms with Crippen LogP contribution < -0.4 is 10.1 Å². The molecule has 4 rings (SSSR count). The average Bonchev–Trinajstić information content (AvgIpc) is 3.22. The normalized spacial score (nSPS) is 10.5. The number of aromatic nitrogens is 2. The highest BCUT2D eigenvalue weighted by molar-refractivity contribution is 9.10. The lowest BCUT2D eigenvalue weighted by molar-refractivity contribution is 0.0946. The van der Waals surface area contributed by atoms with Crippen molar-refractivity contribution in [2.24, 2.45) is 0 Å². The van der Waals surface area contributed by atoms with Gasteiger partial charge in [0.15, 0.2) is 5.76 Å². The fourth-order valence-electron chi connectivity index (χ4n) is 2.63. The van der Waals surface area contributed by atoms with Crippen LogP contribution in [0.1, 0.15) is 16.1 Å². The summed E-state index contributed by atoms with van der Waals surface area (Å²) in [6.45, 7) is 0.224. The van der Waals surface area contributed by atoms with E-state index in [-0.39, 0.29) is 12.5 Å². The van der Waals surface area contributed by atoms with Gasteiger partial charge in [-0.25, -0.2) is 4.98 Å². The van der Waals surface area contributed by atoms with Crippen molar-refractivity contribution in [2.45, 2.75) is 6.54 Å². The molecule has 0 radical (unpaired) electrons. The van der Waals surface area contributed by atoms with Gasteiger partial charge in [-0.2, -0.15) is 0 Å². The summed E-state index contributed by atoms with van der Waals surface area (Å²) in [7, 11) is 0. The van der Waals surface area contributed by atoms with Crippen molar-refractivity contribution < 1.29 is 14.1 Å². The van der Waals surface area contributed by atoms with Crippen LogP contribution in [0.3, 0.4) is 0 Å².